The van der Waals surface area contributed by atoms with E-state index in [0.29, 0.717) is 6.42 Å². The number of ether oxygens (including phenoxy) is 1. The number of rotatable bonds is 11. The van der Waals surface area contributed by atoms with Crippen LogP contribution in [0.3, 0.4) is 0 Å². The Hall–Kier alpha value is -3.39. The maximum Gasteiger partial charge on any atom is 0.407 e. The third kappa shape index (κ3) is 6.35. The normalized spacial score (nSPS) is 14.1. The van der Waals surface area contributed by atoms with Gasteiger partial charge in [-0.2, -0.15) is 0 Å². The Morgan fingerprint density at radius 2 is 1.59 bits per heavy atom. The summed E-state index contributed by atoms with van der Waals surface area (Å²) in [7, 11) is 0. The summed E-state index contributed by atoms with van der Waals surface area (Å²) < 4.78 is 5.55. The van der Waals surface area contributed by atoms with Gasteiger partial charge in [0, 0.05) is 18.9 Å². The molecule has 0 unspecified atom stereocenters. The Morgan fingerprint density at radius 3 is 2.12 bits per heavy atom. The standard InChI is InChI=1S/C26H32N2O6/c1-16(2)11-17(12-24(30)28-23(14-29)25(31)32)13-27-26(33)34-15-22-20-9-5-3-7-18(20)19-8-4-6-10-21(19)22/h3-10,16-17,22-23,29H,11-15H2,1-2H3,(H,27,33)(H,28,30)(H,31,32)/t17-,23-/m0/s1. The molecule has 8 nitrogen and oxygen atoms in total. The van der Waals surface area contributed by atoms with Crippen molar-refractivity contribution < 1.29 is 29.3 Å². The molecule has 182 valence electrons. The lowest BCUT2D eigenvalue weighted by molar-refractivity contribution is -0.143. The van der Waals surface area contributed by atoms with Crippen LogP contribution in [0.2, 0.25) is 0 Å². The number of aliphatic hydroxyl groups is 1. The second-order valence-corrected chi connectivity index (χ2v) is 9.05. The number of hydrogen-bond donors (Lipinski definition) is 4. The fourth-order valence-corrected chi connectivity index (χ4v) is 4.48. The predicted molar refractivity (Wildman–Crippen MR) is 127 cm³/mol. The Labute approximate surface area is 199 Å². The summed E-state index contributed by atoms with van der Waals surface area (Å²) in [5, 5.41) is 23.2. The van der Waals surface area contributed by atoms with Crippen molar-refractivity contribution in [2.24, 2.45) is 11.8 Å². The SMILES string of the molecule is CC(C)C[C@H](CNC(=O)OCC1c2ccccc2-c2ccccc21)CC(=O)N[C@@H](CO)C(=O)O. The van der Waals surface area contributed by atoms with Crippen LogP contribution in [0.1, 0.15) is 43.7 Å². The molecule has 2 amide bonds. The van der Waals surface area contributed by atoms with Crippen LogP contribution in [0.15, 0.2) is 48.5 Å². The van der Waals surface area contributed by atoms with E-state index in [1.54, 1.807) is 0 Å². The number of carbonyl (C=O) groups excluding carboxylic acids is 2. The average molecular weight is 469 g/mol. The molecule has 0 bridgehead atoms. The first-order valence-electron chi connectivity index (χ1n) is 11.5. The number of amides is 2. The fraction of sp³-hybridized carbons (Fsp3) is 0.423. The molecule has 0 radical (unpaired) electrons. The molecule has 8 heteroatoms. The summed E-state index contributed by atoms with van der Waals surface area (Å²) in [5.41, 5.74) is 4.56. The molecule has 4 N–H and O–H groups in total. The lowest BCUT2D eigenvalue weighted by Crippen LogP contribution is -2.44. The number of carboxylic acid groups (broad SMARTS) is 1. The minimum absolute atomic E-state index is 0.0333. The zero-order chi connectivity index (χ0) is 24.7. The Kier molecular flexibility index (Phi) is 8.65. The van der Waals surface area contributed by atoms with Crippen molar-refractivity contribution >= 4 is 18.0 Å². The minimum atomic E-state index is -1.35. The summed E-state index contributed by atoms with van der Waals surface area (Å²) in [6.07, 6.45) is 0.134. The molecule has 0 fully saturated rings. The largest absolute Gasteiger partial charge is 0.480 e. The zero-order valence-electron chi connectivity index (χ0n) is 19.5. The second-order valence-electron chi connectivity index (χ2n) is 9.05. The number of carboxylic acids is 1. The molecule has 2 aromatic rings. The van der Waals surface area contributed by atoms with Gasteiger partial charge in [0.1, 0.15) is 12.6 Å². The number of aliphatic hydroxyl groups excluding tert-OH is 1. The number of nitrogens with one attached hydrogen (secondary N) is 2. The van der Waals surface area contributed by atoms with E-state index in [4.69, 9.17) is 14.9 Å². The van der Waals surface area contributed by atoms with Gasteiger partial charge in [0.2, 0.25) is 5.91 Å². The predicted octanol–water partition coefficient (Wildman–Crippen LogP) is 3.14. The molecular formula is C26H32N2O6. The third-order valence-electron chi connectivity index (χ3n) is 5.97. The van der Waals surface area contributed by atoms with Crippen molar-refractivity contribution in [1.29, 1.82) is 0 Å². The van der Waals surface area contributed by atoms with E-state index in [0.717, 1.165) is 22.3 Å². The molecule has 0 saturated heterocycles. The van der Waals surface area contributed by atoms with E-state index < -0.39 is 30.6 Å². The van der Waals surface area contributed by atoms with E-state index >= 15 is 0 Å². The molecule has 0 spiro atoms. The highest BCUT2D eigenvalue weighted by Gasteiger charge is 2.29. The van der Waals surface area contributed by atoms with Crippen LogP contribution in [0, 0.1) is 11.8 Å². The van der Waals surface area contributed by atoms with Crippen molar-refractivity contribution in [2.45, 2.75) is 38.6 Å². The topological polar surface area (TPSA) is 125 Å². The zero-order valence-corrected chi connectivity index (χ0v) is 19.5. The van der Waals surface area contributed by atoms with Gasteiger partial charge in [0.25, 0.3) is 0 Å². The van der Waals surface area contributed by atoms with E-state index in [9.17, 15) is 14.4 Å². The van der Waals surface area contributed by atoms with Crippen LogP contribution in [-0.4, -0.2) is 54.0 Å². The molecule has 34 heavy (non-hydrogen) atoms. The second kappa shape index (κ2) is 11.7. The summed E-state index contributed by atoms with van der Waals surface area (Å²) in [6, 6.07) is 14.8. The highest BCUT2D eigenvalue weighted by molar-refractivity contribution is 5.83. The van der Waals surface area contributed by atoms with Gasteiger partial charge in [-0.05, 0) is 40.5 Å². The van der Waals surface area contributed by atoms with Crippen LogP contribution in [0.4, 0.5) is 4.79 Å². The fourth-order valence-electron chi connectivity index (χ4n) is 4.48. The van der Waals surface area contributed by atoms with Crippen LogP contribution in [0.5, 0.6) is 0 Å². The number of alkyl carbamates (subject to hydrolysis) is 1. The number of carbonyl (C=O) groups is 3. The highest BCUT2D eigenvalue weighted by atomic mass is 16.5. The average Bonchev–Trinajstić information content (AvgIpc) is 3.13. The van der Waals surface area contributed by atoms with Gasteiger partial charge in [-0.25, -0.2) is 9.59 Å². The number of hydrogen-bond acceptors (Lipinski definition) is 5. The monoisotopic (exact) mass is 468 g/mol. The summed E-state index contributed by atoms with van der Waals surface area (Å²) in [5.74, 6) is -1.75. The number of aliphatic carboxylic acids is 1. The summed E-state index contributed by atoms with van der Waals surface area (Å²) in [6.45, 7) is 3.75. The van der Waals surface area contributed by atoms with Crippen LogP contribution in [-0.2, 0) is 14.3 Å². The molecule has 0 saturated carbocycles. The van der Waals surface area contributed by atoms with Crippen LogP contribution >= 0.6 is 0 Å². The van der Waals surface area contributed by atoms with Gasteiger partial charge in [0.15, 0.2) is 0 Å². The van der Waals surface area contributed by atoms with Gasteiger partial charge >= 0.3 is 12.1 Å². The number of fused-ring (bicyclic) bond motifs is 3. The summed E-state index contributed by atoms with van der Waals surface area (Å²) in [4.78, 5) is 35.8. The Balaban J connectivity index is 1.55. The molecule has 1 aliphatic carbocycles. The minimum Gasteiger partial charge on any atom is -0.480 e. The van der Waals surface area contributed by atoms with Crippen LogP contribution < -0.4 is 10.6 Å². The molecule has 0 heterocycles. The first-order valence-corrected chi connectivity index (χ1v) is 11.5. The van der Waals surface area contributed by atoms with Crippen molar-refractivity contribution in [3.8, 4) is 11.1 Å². The quantitative estimate of drug-likeness (QED) is 0.402. The van der Waals surface area contributed by atoms with Gasteiger partial charge in [-0.1, -0.05) is 62.4 Å². The van der Waals surface area contributed by atoms with Crippen molar-refractivity contribution in [2.75, 3.05) is 19.8 Å². The van der Waals surface area contributed by atoms with Crippen molar-refractivity contribution in [1.82, 2.24) is 10.6 Å². The number of benzene rings is 2. The molecular weight excluding hydrogens is 436 g/mol. The molecule has 2 atom stereocenters. The molecule has 2 aromatic carbocycles. The van der Waals surface area contributed by atoms with E-state index in [2.05, 4.69) is 34.9 Å². The van der Waals surface area contributed by atoms with Crippen molar-refractivity contribution in [3.05, 3.63) is 59.7 Å². The van der Waals surface area contributed by atoms with Crippen molar-refractivity contribution in [3.63, 3.8) is 0 Å². The molecule has 3 rings (SSSR count). The maximum atomic E-state index is 12.5. The van der Waals surface area contributed by atoms with Gasteiger partial charge < -0.3 is 25.6 Å². The Morgan fingerprint density at radius 1 is 1.00 bits per heavy atom. The molecule has 0 aliphatic heterocycles. The van der Waals surface area contributed by atoms with Crippen LogP contribution in [0.25, 0.3) is 11.1 Å². The lowest BCUT2D eigenvalue weighted by atomic mass is 9.93. The molecule has 1 aliphatic rings. The Bertz CT molecular complexity index is 976. The maximum absolute atomic E-state index is 12.5. The van der Waals surface area contributed by atoms with E-state index in [1.807, 2.05) is 38.1 Å². The van der Waals surface area contributed by atoms with Gasteiger partial charge in [0.05, 0.1) is 6.61 Å². The lowest BCUT2D eigenvalue weighted by Gasteiger charge is -2.21. The highest BCUT2D eigenvalue weighted by Crippen LogP contribution is 2.44. The first-order chi connectivity index (χ1) is 16.3. The molecule has 0 aromatic heterocycles. The van der Waals surface area contributed by atoms with E-state index in [-0.39, 0.29) is 37.3 Å². The summed E-state index contributed by atoms with van der Waals surface area (Å²) >= 11 is 0. The third-order valence-corrected chi connectivity index (χ3v) is 5.97. The first kappa shape index (κ1) is 25.2. The smallest absolute Gasteiger partial charge is 0.407 e. The van der Waals surface area contributed by atoms with Gasteiger partial charge in [-0.3, -0.25) is 4.79 Å². The van der Waals surface area contributed by atoms with Gasteiger partial charge in [-0.15, -0.1) is 0 Å². The van der Waals surface area contributed by atoms with E-state index in [1.165, 1.54) is 0 Å².